The molecule has 0 fully saturated rings. The number of aromatic nitrogens is 4. The van der Waals surface area contributed by atoms with Gasteiger partial charge in [-0.25, -0.2) is 4.79 Å². The molecular formula is C22H29N5O4. The van der Waals surface area contributed by atoms with Gasteiger partial charge in [-0.05, 0) is 37.6 Å². The summed E-state index contributed by atoms with van der Waals surface area (Å²) in [5, 5.41) is 10.6. The molecule has 31 heavy (non-hydrogen) atoms. The second kappa shape index (κ2) is 8.58. The maximum Gasteiger partial charge on any atom is 0.332 e. The molecule has 1 atom stereocenters. The number of aryl methyl sites for hydroxylation is 1. The topological polar surface area (TPSA) is 94.5 Å². The lowest BCUT2D eigenvalue weighted by molar-refractivity contribution is 0.154. The predicted octanol–water partition coefficient (Wildman–Crippen LogP) is 2.00. The molecule has 0 saturated heterocycles. The van der Waals surface area contributed by atoms with E-state index in [2.05, 4.69) is 11.9 Å². The van der Waals surface area contributed by atoms with Crippen molar-refractivity contribution in [1.29, 1.82) is 0 Å². The first-order chi connectivity index (χ1) is 15.0. The van der Waals surface area contributed by atoms with Crippen LogP contribution in [0.1, 0.15) is 33.1 Å². The Labute approximate surface area is 180 Å². The Morgan fingerprint density at radius 2 is 1.87 bits per heavy atom. The molecule has 2 aromatic heterocycles. The number of aliphatic hydroxyl groups excluding tert-OH is 1. The van der Waals surface area contributed by atoms with Crippen molar-refractivity contribution < 1.29 is 9.84 Å². The van der Waals surface area contributed by atoms with Crippen LogP contribution in [0.3, 0.4) is 0 Å². The SMILES string of the molecule is CCCCCn1c(=O)c2c(nc3n2C[C@H](O)CN3c2ccc(OCC)cc2)n(C)c1=O. The highest BCUT2D eigenvalue weighted by molar-refractivity contribution is 5.77. The van der Waals surface area contributed by atoms with E-state index in [1.165, 1.54) is 9.13 Å². The molecule has 9 nitrogen and oxygen atoms in total. The molecule has 1 aliphatic heterocycles. The minimum absolute atomic E-state index is 0.252. The minimum Gasteiger partial charge on any atom is -0.494 e. The number of hydrogen-bond donors (Lipinski definition) is 1. The van der Waals surface area contributed by atoms with Gasteiger partial charge in [0.05, 0.1) is 25.8 Å². The lowest BCUT2D eigenvalue weighted by atomic mass is 10.2. The molecule has 9 heteroatoms. The van der Waals surface area contributed by atoms with Crippen LogP contribution in [0.2, 0.25) is 0 Å². The zero-order valence-corrected chi connectivity index (χ0v) is 18.2. The Bertz CT molecular complexity index is 1190. The van der Waals surface area contributed by atoms with Crippen molar-refractivity contribution in [3.8, 4) is 5.75 Å². The van der Waals surface area contributed by atoms with Crippen molar-refractivity contribution in [2.24, 2.45) is 7.05 Å². The third-order valence-electron chi connectivity index (χ3n) is 5.69. The average molecular weight is 428 g/mol. The van der Waals surface area contributed by atoms with Crippen LogP contribution in [0.5, 0.6) is 5.75 Å². The van der Waals surface area contributed by atoms with E-state index in [-0.39, 0.29) is 17.8 Å². The van der Waals surface area contributed by atoms with Gasteiger partial charge in [0.1, 0.15) is 5.75 Å². The highest BCUT2D eigenvalue weighted by Crippen LogP contribution is 2.32. The molecule has 0 unspecified atom stereocenters. The van der Waals surface area contributed by atoms with E-state index in [0.29, 0.717) is 36.8 Å². The van der Waals surface area contributed by atoms with Crippen LogP contribution < -0.4 is 20.9 Å². The van der Waals surface area contributed by atoms with Crippen LogP contribution in [-0.2, 0) is 20.1 Å². The van der Waals surface area contributed by atoms with Crippen molar-refractivity contribution >= 4 is 22.8 Å². The van der Waals surface area contributed by atoms with Crippen LogP contribution >= 0.6 is 0 Å². The molecule has 0 spiro atoms. The van der Waals surface area contributed by atoms with E-state index in [4.69, 9.17) is 4.74 Å². The molecule has 0 amide bonds. The van der Waals surface area contributed by atoms with Gasteiger partial charge in [-0.1, -0.05) is 19.8 Å². The summed E-state index contributed by atoms with van der Waals surface area (Å²) in [5.74, 6) is 1.30. The van der Waals surface area contributed by atoms with Gasteiger partial charge in [0, 0.05) is 19.3 Å². The number of imidazole rings is 1. The summed E-state index contributed by atoms with van der Waals surface area (Å²) >= 11 is 0. The van der Waals surface area contributed by atoms with Crippen LogP contribution in [-0.4, -0.2) is 43.0 Å². The molecule has 1 N–H and O–H groups in total. The molecule has 0 radical (unpaired) electrons. The number of aliphatic hydroxyl groups is 1. The standard InChI is InChI=1S/C22H29N5O4/c1-4-6-7-12-25-20(29)18-19(24(3)22(25)30)23-21-26(13-16(28)14-27(18)21)15-8-10-17(11-9-15)31-5-2/h8-11,16,28H,4-7,12-14H2,1-3H3/t16-/m1/s1. The number of anilines is 2. The molecule has 0 saturated carbocycles. The Morgan fingerprint density at radius 1 is 1.13 bits per heavy atom. The maximum absolute atomic E-state index is 13.3. The van der Waals surface area contributed by atoms with Crippen LogP contribution in [0.25, 0.3) is 11.2 Å². The molecule has 0 aliphatic carbocycles. The molecule has 166 valence electrons. The summed E-state index contributed by atoms with van der Waals surface area (Å²) in [6, 6.07) is 7.52. The lowest BCUT2D eigenvalue weighted by Crippen LogP contribution is -2.41. The highest BCUT2D eigenvalue weighted by Gasteiger charge is 2.30. The molecular weight excluding hydrogens is 398 g/mol. The van der Waals surface area contributed by atoms with Crippen LogP contribution in [0.4, 0.5) is 11.6 Å². The molecule has 3 heterocycles. The predicted molar refractivity (Wildman–Crippen MR) is 119 cm³/mol. The summed E-state index contributed by atoms with van der Waals surface area (Å²) in [7, 11) is 1.64. The van der Waals surface area contributed by atoms with Crippen LogP contribution in [0.15, 0.2) is 33.9 Å². The first kappa shape index (κ1) is 21.2. The van der Waals surface area contributed by atoms with E-state index >= 15 is 0 Å². The summed E-state index contributed by atoms with van der Waals surface area (Å²) in [6.45, 7) is 5.56. The van der Waals surface area contributed by atoms with Gasteiger partial charge in [0.2, 0.25) is 5.95 Å². The number of β-amino-alcohol motifs (C(OH)–C–C–N with tert-alkyl or cyclic N) is 1. The monoisotopic (exact) mass is 427 g/mol. The Balaban J connectivity index is 1.85. The summed E-state index contributed by atoms with van der Waals surface area (Å²) in [6.07, 6.45) is 2.03. The van der Waals surface area contributed by atoms with Gasteiger partial charge in [-0.15, -0.1) is 0 Å². The van der Waals surface area contributed by atoms with Crippen molar-refractivity contribution in [2.45, 2.75) is 52.3 Å². The van der Waals surface area contributed by atoms with Crippen molar-refractivity contribution in [2.75, 3.05) is 18.1 Å². The van der Waals surface area contributed by atoms with E-state index in [1.807, 2.05) is 36.1 Å². The third-order valence-corrected chi connectivity index (χ3v) is 5.69. The smallest absolute Gasteiger partial charge is 0.332 e. The van der Waals surface area contributed by atoms with Gasteiger partial charge in [-0.3, -0.25) is 13.9 Å². The lowest BCUT2D eigenvalue weighted by Gasteiger charge is -2.32. The van der Waals surface area contributed by atoms with Gasteiger partial charge in [0.25, 0.3) is 5.56 Å². The van der Waals surface area contributed by atoms with Gasteiger partial charge in [0.15, 0.2) is 11.2 Å². The number of hydrogen-bond acceptors (Lipinski definition) is 6. The molecule has 3 aromatic rings. The Morgan fingerprint density at radius 3 is 2.55 bits per heavy atom. The summed E-state index contributed by atoms with van der Waals surface area (Å²) < 4.78 is 9.96. The minimum atomic E-state index is -0.679. The van der Waals surface area contributed by atoms with E-state index in [9.17, 15) is 14.7 Å². The van der Waals surface area contributed by atoms with Gasteiger partial charge in [-0.2, -0.15) is 4.98 Å². The second-order valence-electron chi connectivity index (χ2n) is 7.89. The normalized spacial score (nSPS) is 16.0. The fourth-order valence-corrected chi connectivity index (χ4v) is 4.13. The first-order valence-electron chi connectivity index (χ1n) is 10.8. The molecule has 1 aromatic carbocycles. The fraction of sp³-hybridized carbons (Fsp3) is 0.500. The largest absolute Gasteiger partial charge is 0.494 e. The Hall–Kier alpha value is -3.07. The van der Waals surface area contributed by atoms with Crippen LogP contribution in [0, 0.1) is 0 Å². The summed E-state index contributed by atoms with van der Waals surface area (Å²) in [4.78, 5) is 32.6. The zero-order chi connectivity index (χ0) is 22.1. The van der Waals surface area contributed by atoms with E-state index in [0.717, 1.165) is 30.7 Å². The molecule has 4 rings (SSSR count). The number of nitrogens with zero attached hydrogens (tertiary/aromatic N) is 5. The number of fused-ring (bicyclic) bond motifs is 3. The quantitative estimate of drug-likeness (QED) is 0.580. The maximum atomic E-state index is 13.3. The number of ether oxygens (including phenoxy) is 1. The fourth-order valence-electron chi connectivity index (χ4n) is 4.13. The van der Waals surface area contributed by atoms with Gasteiger partial charge < -0.3 is 19.3 Å². The van der Waals surface area contributed by atoms with Crippen molar-refractivity contribution in [3.05, 3.63) is 45.1 Å². The third kappa shape index (κ3) is 3.74. The summed E-state index contributed by atoms with van der Waals surface area (Å²) in [5.41, 5.74) is 0.794. The number of rotatable bonds is 7. The van der Waals surface area contributed by atoms with Crippen molar-refractivity contribution in [1.82, 2.24) is 18.7 Å². The Kier molecular flexibility index (Phi) is 5.86. The van der Waals surface area contributed by atoms with Crippen molar-refractivity contribution in [3.63, 3.8) is 0 Å². The first-order valence-corrected chi connectivity index (χ1v) is 10.8. The van der Waals surface area contributed by atoms with E-state index in [1.54, 1.807) is 11.6 Å². The number of benzene rings is 1. The molecule has 1 aliphatic rings. The average Bonchev–Trinajstić information content (AvgIpc) is 3.14. The zero-order valence-electron chi connectivity index (χ0n) is 18.2. The van der Waals surface area contributed by atoms with E-state index < -0.39 is 6.10 Å². The highest BCUT2D eigenvalue weighted by atomic mass is 16.5. The number of unbranched alkanes of at least 4 members (excludes halogenated alkanes) is 2. The second-order valence-corrected chi connectivity index (χ2v) is 7.89. The van der Waals surface area contributed by atoms with Gasteiger partial charge >= 0.3 is 5.69 Å². The molecule has 0 bridgehead atoms.